The molecule has 2 N–H and O–H groups in total. The van der Waals surface area contributed by atoms with Crippen LogP contribution in [0, 0.1) is 6.92 Å². The van der Waals surface area contributed by atoms with Crippen LogP contribution in [0.2, 0.25) is 5.02 Å². The number of rotatable bonds is 2. The second kappa shape index (κ2) is 6.20. The second-order valence-corrected chi connectivity index (χ2v) is 5.08. The fraction of sp³-hybridized carbons (Fsp3) is 0.0625. The van der Waals surface area contributed by atoms with Crippen LogP contribution in [-0.4, -0.2) is 10.1 Å². The lowest BCUT2D eigenvalue weighted by atomic mass is 10.1. The number of benzene rings is 2. The highest BCUT2D eigenvalue weighted by atomic mass is 35.5. The van der Waals surface area contributed by atoms with E-state index in [1.54, 1.807) is 12.1 Å². The lowest BCUT2D eigenvalue weighted by Gasteiger charge is -2.11. The predicted octanol–water partition coefficient (Wildman–Crippen LogP) is 5.07. The molecule has 0 bridgehead atoms. The molecule has 1 heterocycles. The SMILES string of the molecule is Cc1cc(Nc2ccc(O)cc2)c2cc(Cl)ccc2n1.Cl. The first-order valence-electron chi connectivity index (χ1n) is 6.25. The van der Waals surface area contributed by atoms with E-state index in [1.165, 1.54) is 0 Å². The molecule has 0 amide bonds. The van der Waals surface area contributed by atoms with Gasteiger partial charge < -0.3 is 10.4 Å². The molecule has 0 aliphatic carbocycles. The molecular weight excluding hydrogens is 307 g/mol. The molecule has 0 fully saturated rings. The Hall–Kier alpha value is -1.97. The van der Waals surface area contributed by atoms with Crippen LogP contribution in [0.25, 0.3) is 10.9 Å². The van der Waals surface area contributed by atoms with E-state index >= 15 is 0 Å². The minimum absolute atomic E-state index is 0. The third-order valence-electron chi connectivity index (χ3n) is 3.05. The van der Waals surface area contributed by atoms with E-state index in [9.17, 15) is 5.11 Å². The Bertz CT molecular complexity index is 773. The Morgan fingerprint density at radius 3 is 2.48 bits per heavy atom. The number of aromatic hydroxyl groups is 1. The van der Waals surface area contributed by atoms with E-state index in [0.29, 0.717) is 5.02 Å². The average molecular weight is 321 g/mol. The van der Waals surface area contributed by atoms with Crippen LogP contribution in [0.4, 0.5) is 11.4 Å². The fourth-order valence-corrected chi connectivity index (χ4v) is 2.31. The van der Waals surface area contributed by atoms with Crippen molar-refractivity contribution < 1.29 is 5.11 Å². The van der Waals surface area contributed by atoms with Gasteiger partial charge in [0.25, 0.3) is 0 Å². The Morgan fingerprint density at radius 2 is 1.76 bits per heavy atom. The summed E-state index contributed by atoms with van der Waals surface area (Å²) in [5.41, 5.74) is 3.67. The number of nitrogens with one attached hydrogen (secondary N) is 1. The largest absolute Gasteiger partial charge is 0.508 e. The van der Waals surface area contributed by atoms with Crippen molar-refractivity contribution in [1.82, 2.24) is 4.98 Å². The molecule has 0 radical (unpaired) electrons. The van der Waals surface area contributed by atoms with Gasteiger partial charge in [0.15, 0.2) is 0 Å². The van der Waals surface area contributed by atoms with Crippen molar-refractivity contribution in [3.05, 3.63) is 59.2 Å². The first kappa shape index (κ1) is 15.4. The maximum Gasteiger partial charge on any atom is 0.115 e. The number of hydrogen-bond acceptors (Lipinski definition) is 3. The van der Waals surface area contributed by atoms with Gasteiger partial charge in [0.05, 0.1) is 5.52 Å². The van der Waals surface area contributed by atoms with Crippen molar-refractivity contribution in [3.63, 3.8) is 0 Å². The molecular formula is C16H14Cl2N2O. The van der Waals surface area contributed by atoms with Gasteiger partial charge in [-0.3, -0.25) is 4.98 Å². The number of aromatic nitrogens is 1. The van der Waals surface area contributed by atoms with Gasteiger partial charge in [0.1, 0.15) is 5.75 Å². The Balaban J connectivity index is 0.00000161. The third kappa shape index (κ3) is 3.38. The van der Waals surface area contributed by atoms with Gasteiger partial charge >= 0.3 is 0 Å². The molecule has 0 atom stereocenters. The van der Waals surface area contributed by atoms with Crippen molar-refractivity contribution in [2.24, 2.45) is 0 Å². The maximum absolute atomic E-state index is 9.32. The molecule has 21 heavy (non-hydrogen) atoms. The van der Waals surface area contributed by atoms with Crippen LogP contribution < -0.4 is 5.32 Å². The van der Waals surface area contributed by atoms with Crippen molar-refractivity contribution in [3.8, 4) is 5.75 Å². The van der Waals surface area contributed by atoms with Crippen LogP contribution in [0.5, 0.6) is 5.75 Å². The van der Waals surface area contributed by atoms with Gasteiger partial charge in [0, 0.05) is 27.5 Å². The second-order valence-electron chi connectivity index (χ2n) is 4.64. The number of anilines is 2. The fourth-order valence-electron chi connectivity index (χ4n) is 2.13. The van der Waals surface area contributed by atoms with Gasteiger partial charge in [-0.2, -0.15) is 0 Å². The van der Waals surface area contributed by atoms with Gasteiger partial charge in [-0.05, 0) is 55.5 Å². The van der Waals surface area contributed by atoms with Gasteiger partial charge in [-0.15, -0.1) is 12.4 Å². The molecule has 2 aromatic carbocycles. The number of aryl methyl sites for hydroxylation is 1. The number of nitrogens with zero attached hydrogens (tertiary/aromatic N) is 1. The highest BCUT2D eigenvalue weighted by Crippen LogP contribution is 2.29. The summed E-state index contributed by atoms with van der Waals surface area (Å²) >= 11 is 6.07. The van der Waals surface area contributed by atoms with E-state index in [-0.39, 0.29) is 18.2 Å². The van der Waals surface area contributed by atoms with E-state index in [1.807, 2.05) is 43.3 Å². The van der Waals surface area contributed by atoms with E-state index in [0.717, 1.165) is 28.0 Å². The van der Waals surface area contributed by atoms with Crippen LogP contribution in [-0.2, 0) is 0 Å². The molecule has 0 unspecified atom stereocenters. The molecule has 0 spiro atoms. The highest BCUT2D eigenvalue weighted by Gasteiger charge is 2.05. The number of pyridine rings is 1. The normalized spacial score (nSPS) is 10.2. The van der Waals surface area contributed by atoms with Crippen LogP contribution in [0.3, 0.4) is 0 Å². The standard InChI is InChI=1S/C16H13ClN2O.ClH/c1-10-8-16(19-12-3-5-13(20)6-4-12)14-9-11(17)2-7-15(14)18-10;/h2-9,20H,1H3,(H,18,19);1H. The smallest absolute Gasteiger partial charge is 0.115 e. The van der Waals surface area contributed by atoms with Crippen molar-refractivity contribution in [2.75, 3.05) is 5.32 Å². The summed E-state index contributed by atoms with van der Waals surface area (Å²) in [7, 11) is 0. The van der Waals surface area contributed by atoms with E-state index < -0.39 is 0 Å². The third-order valence-corrected chi connectivity index (χ3v) is 3.28. The van der Waals surface area contributed by atoms with Crippen LogP contribution >= 0.6 is 24.0 Å². The van der Waals surface area contributed by atoms with Crippen molar-refractivity contribution >= 4 is 46.3 Å². The lowest BCUT2D eigenvalue weighted by Crippen LogP contribution is -1.94. The first-order chi connectivity index (χ1) is 9.61. The molecule has 0 saturated carbocycles. The summed E-state index contributed by atoms with van der Waals surface area (Å²) in [6.45, 7) is 1.95. The Kier molecular flexibility index (Phi) is 4.56. The van der Waals surface area contributed by atoms with E-state index in [4.69, 9.17) is 11.6 Å². The zero-order valence-corrected chi connectivity index (χ0v) is 12.9. The molecule has 0 saturated heterocycles. The molecule has 1 aromatic heterocycles. The van der Waals surface area contributed by atoms with Gasteiger partial charge in [-0.25, -0.2) is 0 Å². The van der Waals surface area contributed by atoms with Crippen LogP contribution in [0.1, 0.15) is 5.69 Å². The van der Waals surface area contributed by atoms with Crippen molar-refractivity contribution in [2.45, 2.75) is 6.92 Å². The number of halogens is 2. The maximum atomic E-state index is 9.32. The topological polar surface area (TPSA) is 45.1 Å². The zero-order chi connectivity index (χ0) is 14.1. The summed E-state index contributed by atoms with van der Waals surface area (Å²) in [4.78, 5) is 4.49. The lowest BCUT2D eigenvalue weighted by molar-refractivity contribution is 0.475. The molecule has 3 aromatic rings. The minimum atomic E-state index is 0. The Morgan fingerprint density at radius 1 is 1.05 bits per heavy atom. The summed E-state index contributed by atoms with van der Waals surface area (Å²) < 4.78 is 0. The Labute approximate surface area is 134 Å². The quantitative estimate of drug-likeness (QED) is 0.648. The number of hydrogen-bond donors (Lipinski definition) is 2. The molecule has 3 nitrogen and oxygen atoms in total. The predicted molar refractivity (Wildman–Crippen MR) is 90.1 cm³/mol. The summed E-state index contributed by atoms with van der Waals surface area (Å²) in [5.74, 6) is 0.245. The molecule has 5 heteroatoms. The molecule has 3 rings (SSSR count). The average Bonchev–Trinajstić information content (AvgIpc) is 2.42. The van der Waals surface area contributed by atoms with Gasteiger partial charge in [0.2, 0.25) is 0 Å². The number of phenolic OH excluding ortho intramolecular Hbond substituents is 1. The van der Waals surface area contributed by atoms with Crippen molar-refractivity contribution in [1.29, 1.82) is 0 Å². The number of phenols is 1. The zero-order valence-electron chi connectivity index (χ0n) is 11.3. The molecule has 0 aliphatic heterocycles. The monoisotopic (exact) mass is 320 g/mol. The number of fused-ring (bicyclic) bond motifs is 1. The van der Waals surface area contributed by atoms with Gasteiger partial charge in [-0.1, -0.05) is 11.6 Å². The molecule has 108 valence electrons. The van der Waals surface area contributed by atoms with E-state index in [2.05, 4.69) is 10.3 Å². The summed E-state index contributed by atoms with van der Waals surface area (Å²) in [6.07, 6.45) is 0. The minimum Gasteiger partial charge on any atom is -0.508 e. The summed E-state index contributed by atoms with van der Waals surface area (Å²) in [5, 5.41) is 14.3. The first-order valence-corrected chi connectivity index (χ1v) is 6.62. The van der Waals surface area contributed by atoms with Crippen LogP contribution in [0.15, 0.2) is 48.5 Å². The summed E-state index contributed by atoms with van der Waals surface area (Å²) in [6, 6.07) is 14.5. The molecule has 0 aliphatic rings. The highest BCUT2D eigenvalue weighted by molar-refractivity contribution is 6.31.